The Morgan fingerprint density at radius 3 is 2.34 bits per heavy atom. The Kier molecular flexibility index (Phi) is 5.61. The first-order valence-electron chi connectivity index (χ1n) is 9.76. The van der Waals surface area contributed by atoms with E-state index >= 15 is 0 Å². The number of hydrogen-bond acceptors (Lipinski definition) is 4. The second kappa shape index (κ2) is 8.37. The molecule has 0 aliphatic carbocycles. The van der Waals surface area contributed by atoms with E-state index in [9.17, 15) is 22.8 Å². The summed E-state index contributed by atoms with van der Waals surface area (Å²) in [5.41, 5.74) is 6.57. The van der Waals surface area contributed by atoms with Crippen LogP contribution in [0.3, 0.4) is 0 Å². The van der Waals surface area contributed by atoms with Crippen LogP contribution in [0.25, 0.3) is 0 Å². The van der Waals surface area contributed by atoms with Crippen molar-refractivity contribution in [1.82, 2.24) is 0 Å². The molecule has 1 atom stereocenters. The zero-order chi connectivity index (χ0) is 23.0. The van der Waals surface area contributed by atoms with Crippen molar-refractivity contribution in [3.05, 3.63) is 93.8 Å². The van der Waals surface area contributed by atoms with E-state index in [0.717, 1.165) is 18.2 Å². The van der Waals surface area contributed by atoms with E-state index in [1.165, 1.54) is 30.3 Å². The molecule has 0 spiro atoms. The number of carbonyl (C=O) groups is 2. The van der Waals surface area contributed by atoms with Gasteiger partial charge in [-0.3, -0.25) is 9.59 Å². The second-order valence-electron chi connectivity index (χ2n) is 7.37. The number of rotatable bonds is 5. The maximum Gasteiger partial charge on any atom is 0.248 e. The number of primary amides is 1. The van der Waals surface area contributed by atoms with Crippen LogP contribution < -0.4 is 15.2 Å². The Balaban J connectivity index is 1.81. The predicted molar refractivity (Wildman–Crippen MR) is 109 cm³/mol. The number of halogens is 3. The van der Waals surface area contributed by atoms with Gasteiger partial charge in [0.2, 0.25) is 5.91 Å². The molecule has 3 aromatic rings. The average Bonchev–Trinajstić information content (AvgIpc) is 2.77. The number of hydrogen-bond donors (Lipinski definition) is 1. The summed E-state index contributed by atoms with van der Waals surface area (Å²) in [4.78, 5) is 23.5. The van der Waals surface area contributed by atoms with Gasteiger partial charge in [-0.1, -0.05) is 18.2 Å². The van der Waals surface area contributed by atoms with Crippen LogP contribution in [0.2, 0.25) is 0 Å². The lowest BCUT2D eigenvalue weighted by atomic mass is 9.98. The topological polar surface area (TPSA) is 78.6 Å². The fourth-order valence-corrected chi connectivity index (χ4v) is 3.60. The number of carbonyl (C=O) groups excluding carboxylic acids is 2. The molecule has 0 saturated carbocycles. The molecule has 1 unspecified atom stereocenters. The molecule has 0 aromatic heterocycles. The SMILES string of the molecule is Cc1c(OC(c2ccc(C(N)=O)cc2)c2ccc(F)c(F)c2)c(F)cc2c1OCCC2=O. The molecular weight excluding hydrogens is 423 g/mol. The summed E-state index contributed by atoms with van der Waals surface area (Å²) < 4.78 is 54.0. The third-order valence-electron chi connectivity index (χ3n) is 5.27. The molecule has 0 fully saturated rings. The van der Waals surface area contributed by atoms with Crippen LogP contribution >= 0.6 is 0 Å². The molecule has 4 rings (SSSR count). The van der Waals surface area contributed by atoms with Gasteiger partial charge in [0.25, 0.3) is 0 Å². The Morgan fingerprint density at radius 2 is 1.69 bits per heavy atom. The van der Waals surface area contributed by atoms with E-state index in [0.29, 0.717) is 5.56 Å². The number of Topliss-reactive ketones (excluding diaryl/α,β-unsaturated/α-hetero) is 1. The van der Waals surface area contributed by atoms with Crippen molar-refractivity contribution in [2.24, 2.45) is 5.73 Å². The Morgan fingerprint density at radius 1 is 1.00 bits per heavy atom. The summed E-state index contributed by atoms with van der Waals surface area (Å²) in [6.45, 7) is 1.72. The number of fused-ring (bicyclic) bond motifs is 1. The maximum absolute atomic E-state index is 15.0. The van der Waals surface area contributed by atoms with E-state index in [4.69, 9.17) is 15.2 Å². The van der Waals surface area contributed by atoms with Gasteiger partial charge < -0.3 is 15.2 Å². The zero-order valence-corrected chi connectivity index (χ0v) is 17.0. The number of nitrogens with two attached hydrogens (primary N) is 1. The zero-order valence-electron chi connectivity index (χ0n) is 17.0. The van der Waals surface area contributed by atoms with E-state index < -0.39 is 29.5 Å². The van der Waals surface area contributed by atoms with Crippen LogP contribution in [-0.2, 0) is 0 Å². The third-order valence-corrected chi connectivity index (χ3v) is 5.27. The number of ketones is 1. The van der Waals surface area contributed by atoms with Crippen molar-refractivity contribution in [3.63, 3.8) is 0 Å². The largest absolute Gasteiger partial charge is 0.492 e. The summed E-state index contributed by atoms with van der Waals surface area (Å²) in [5.74, 6) is -3.76. The molecule has 3 aromatic carbocycles. The highest BCUT2D eigenvalue weighted by Crippen LogP contribution is 2.40. The molecule has 1 aliphatic rings. The Bertz CT molecular complexity index is 1220. The van der Waals surface area contributed by atoms with Gasteiger partial charge in [0, 0.05) is 17.5 Å². The van der Waals surface area contributed by atoms with Gasteiger partial charge in [-0.25, -0.2) is 13.2 Å². The fourth-order valence-electron chi connectivity index (χ4n) is 3.60. The van der Waals surface area contributed by atoms with Crippen molar-refractivity contribution in [3.8, 4) is 11.5 Å². The van der Waals surface area contributed by atoms with Gasteiger partial charge in [-0.05, 0) is 48.4 Å². The summed E-state index contributed by atoms with van der Waals surface area (Å²) in [6, 6.07) is 10.2. The van der Waals surface area contributed by atoms with Crippen LogP contribution in [0.1, 0.15) is 49.9 Å². The average molecular weight is 441 g/mol. The normalized spacial score (nSPS) is 13.8. The highest BCUT2D eigenvalue weighted by atomic mass is 19.2. The lowest BCUT2D eigenvalue weighted by Crippen LogP contribution is -2.18. The molecule has 32 heavy (non-hydrogen) atoms. The molecule has 5 nitrogen and oxygen atoms in total. The minimum absolute atomic E-state index is 0.133. The van der Waals surface area contributed by atoms with Crippen molar-refractivity contribution in [2.45, 2.75) is 19.4 Å². The van der Waals surface area contributed by atoms with Crippen LogP contribution in [0, 0.1) is 24.4 Å². The first-order chi connectivity index (χ1) is 15.3. The van der Waals surface area contributed by atoms with Gasteiger partial charge in [-0.2, -0.15) is 0 Å². The van der Waals surface area contributed by atoms with Crippen LogP contribution in [0.15, 0.2) is 48.5 Å². The van der Waals surface area contributed by atoms with Crippen molar-refractivity contribution in [1.29, 1.82) is 0 Å². The lowest BCUT2D eigenvalue weighted by molar-refractivity contribution is 0.0930. The third kappa shape index (κ3) is 3.91. The molecule has 164 valence electrons. The van der Waals surface area contributed by atoms with Crippen molar-refractivity contribution < 1.29 is 32.2 Å². The van der Waals surface area contributed by atoms with E-state index in [1.54, 1.807) is 6.92 Å². The minimum atomic E-state index is -1.10. The van der Waals surface area contributed by atoms with Gasteiger partial charge in [0.1, 0.15) is 11.9 Å². The summed E-state index contributed by atoms with van der Waals surface area (Å²) in [5, 5.41) is 0. The Hall–Kier alpha value is -3.81. The van der Waals surface area contributed by atoms with Crippen molar-refractivity contribution >= 4 is 11.7 Å². The molecule has 1 aliphatic heterocycles. The predicted octanol–water partition coefficient (Wildman–Crippen LogP) is 4.64. The summed E-state index contributed by atoms with van der Waals surface area (Å²) >= 11 is 0. The molecule has 0 radical (unpaired) electrons. The monoisotopic (exact) mass is 441 g/mol. The molecule has 2 N–H and O–H groups in total. The van der Waals surface area contributed by atoms with E-state index in [1.807, 2.05) is 0 Å². The van der Waals surface area contributed by atoms with Gasteiger partial charge >= 0.3 is 0 Å². The van der Waals surface area contributed by atoms with Crippen molar-refractivity contribution in [2.75, 3.05) is 6.61 Å². The Labute approximate surface area is 181 Å². The summed E-state index contributed by atoms with van der Waals surface area (Å²) in [7, 11) is 0. The van der Waals surface area contributed by atoms with Gasteiger partial charge in [0.15, 0.2) is 29.0 Å². The van der Waals surface area contributed by atoms with Crippen LogP contribution in [0.5, 0.6) is 11.5 Å². The molecule has 1 amide bonds. The maximum atomic E-state index is 15.0. The number of ether oxygens (including phenoxy) is 2. The first-order valence-corrected chi connectivity index (χ1v) is 9.76. The molecular formula is C24H18F3NO4. The van der Waals surface area contributed by atoms with E-state index in [-0.39, 0.29) is 52.6 Å². The first kappa shape index (κ1) is 21.4. The number of benzene rings is 3. The van der Waals surface area contributed by atoms with E-state index in [2.05, 4.69) is 0 Å². The number of amides is 1. The van der Waals surface area contributed by atoms with Crippen LogP contribution in [0.4, 0.5) is 13.2 Å². The highest BCUT2D eigenvalue weighted by Gasteiger charge is 2.28. The molecule has 8 heteroatoms. The molecule has 1 heterocycles. The smallest absolute Gasteiger partial charge is 0.248 e. The highest BCUT2D eigenvalue weighted by molar-refractivity contribution is 6.00. The lowest BCUT2D eigenvalue weighted by Gasteiger charge is -2.25. The quantitative estimate of drug-likeness (QED) is 0.626. The fraction of sp³-hybridized carbons (Fsp3) is 0.167. The molecule has 0 saturated heterocycles. The summed E-state index contributed by atoms with van der Waals surface area (Å²) in [6.07, 6.45) is -0.909. The minimum Gasteiger partial charge on any atom is -0.492 e. The van der Waals surface area contributed by atoms with Gasteiger partial charge in [0.05, 0.1) is 12.2 Å². The molecule has 0 bridgehead atoms. The second-order valence-corrected chi connectivity index (χ2v) is 7.37. The standard InChI is InChI=1S/C24H18F3NO4/c1-12-21-16(20(29)8-9-31-21)11-19(27)22(12)32-23(15-6-7-17(25)18(26)10-15)13-2-4-14(5-3-13)24(28)30/h2-7,10-11,23H,8-9H2,1H3,(H2,28,30). The van der Waals surface area contributed by atoms with Crippen LogP contribution in [-0.4, -0.2) is 18.3 Å². The van der Waals surface area contributed by atoms with Gasteiger partial charge in [-0.15, -0.1) is 0 Å².